The van der Waals surface area contributed by atoms with Gasteiger partial charge in [-0.25, -0.2) is 10.6 Å². The molecular weight excluding hydrogens is 140 g/mol. The molecule has 0 saturated carbocycles. The van der Waals surface area contributed by atoms with Crippen LogP contribution in [0.1, 0.15) is 0 Å². The van der Waals surface area contributed by atoms with Gasteiger partial charge in [-0.15, -0.1) is 0 Å². The number of carboxylic acid groups (broad SMARTS) is 1. The molecule has 0 aromatic rings. The van der Waals surface area contributed by atoms with Gasteiger partial charge in [-0.3, -0.25) is 10.2 Å². The average molecular weight is 150 g/mol. The van der Waals surface area contributed by atoms with Gasteiger partial charge in [0.25, 0.3) is 0 Å². The molecule has 0 aliphatic rings. The fourth-order valence-electron chi connectivity index (χ4n) is 0. The molecule has 0 atom stereocenters. The first-order chi connectivity index (χ1) is 4.54. The van der Waals surface area contributed by atoms with Gasteiger partial charge in [0.15, 0.2) is 0 Å². The minimum atomic E-state index is -0.968. The number of amides is 2. The SMILES string of the molecule is NCC(=O)O.NNC(N)=O. The second-order valence-electron chi connectivity index (χ2n) is 1.11. The summed E-state index contributed by atoms with van der Waals surface area (Å²) in [5.41, 5.74) is 10.7. The first-order valence-electron chi connectivity index (χ1n) is 2.22. The van der Waals surface area contributed by atoms with Gasteiger partial charge in [-0.1, -0.05) is 0 Å². The monoisotopic (exact) mass is 150 g/mol. The van der Waals surface area contributed by atoms with E-state index in [0.717, 1.165) is 0 Å². The third-order valence-corrected chi connectivity index (χ3v) is 0.317. The number of nitrogens with two attached hydrogens (primary N) is 3. The molecule has 0 radical (unpaired) electrons. The van der Waals surface area contributed by atoms with Crippen molar-refractivity contribution < 1.29 is 14.7 Å². The van der Waals surface area contributed by atoms with E-state index in [4.69, 9.17) is 5.11 Å². The van der Waals surface area contributed by atoms with Gasteiger partial charge in [0.2, 0.25) is 0 Å². The molecule has 7 nitrogen and oxygen atoms in total. The number of carbonyl (C=O) groups is 2. The molecule has 0 bridgehead atoms. The largest absolute Gasteiger partial charge is 0.480 e. The number of carboxylic acids is 1. The van der Waals surface area contributed by atoms with Gasteiger partial charge in [0.1, 0.15) is 0 Å². The lowest BCUT2D eigenvalue weighted by Crippen LogP contribution is -2.34. The highest BCUT2D eigenvalue weighted by Gasteiger charge is 1.81. The van der Waals surface area contributed by atoms with Crippen LogP contribution in [0.15, 0.2) is 0 Å². The first kappa shape index (κ1) is 11.5. The predicted molar refractivity (Wildman–Crippen MR) is 33.6 cm³/mol. The van der Waals surface area contributed by atoms with Crippen LogP contribution in [-0.4, -0.2) is 23.7 Å². The van der Waals surface area contributed by atoms with Crippen LogP contribution in [0.2, 0.25) is 0 Å². The Kier molecular flexibility index (Phi) is 8.78. The fourth-order valence-corrected chi connectivity index (χ4v) is 0. The molecule has 0 spiro atoms. The van der Waals surface area contributed by atoms with E-state index >= 15 is 0 Å². The summed E-state index contributed by atoms with van der Waals surface area (Å²) < 4.78 is 0. The van der Waals surface area contributed by atoms with Crippen LogP contribution in [0.5, 0.6) is 0 Å². The normalized spacial score (nSPS) is 7.00. The molecule has 0 aromatic carbocycles. The highest BCUT2D eigenvalue weighted by Crippen LogP contribution is 1.43. The van der Waals surface area contributed by atoms with E-state index in [1.807, 2.05) is 0 Å². The number of nitrogens with one attached hydrogen (secondary N) is 1. The second kappa shape index (κ2) is 7.66. The maximum absolute atomic E-state index is 9.35. The molecule has 10 heavy (non-hydrogen) atoms. The Balaban J connectivity index is 0. The maximum Gasteiger partial charge on any atom is 0.326 e. The van der Waals surface area contributed by atoms with Gasteiger partial charge in [0.05, 0.1) is 6.54 Å². The zero-order chi connectivity index (χ0) is 8.57. The summed E-state index contributed by atoms with van der Waals surface area (Å²) in [4.78, 5) is 18.6. The fraction of sp³-hybridized carbons (Fsp3) is 0.333. The van der Waals surface area contributed by atoms with Gasteiger partial charge in [0, 0.05) is 0 Å². The quantitative estimate of drug-likeness (QED) is 0.160. The molecule has 0 unspecified atom stereocenters. The van der Waals surface area contributed by atoms with Crippen LogP contribution >= 0.6 is 0 Å². The molecule has 0 aliphatic heterocycles. The Bertz CT molecular complexity index is 100. The molecule has 0 fully saturated rings. The molecule has 0 aromatic heterocycles. The van der Waals surface area contributed by atoms with Gasteiger partial charge in [-0.2, -0.15) is 0 Å². The second-order valence-corrected chi connectivity index (χ2v) is 1.11. The number of hydrogen-bond acceptors (Lipinski definition) is 4. The van der Waals surface area contributed by atoms with Crippen molar-refractivity contribution in [2.75, 3.05) is 6.54 Å². The molecule has 60 valence electrons. The summed E-state index contributed by atoms with van der Waals surface area (Å²) in [6.45, 7) is -0.278. The smallest absolute Gasteiger partial charge is 0.326 e. The van der Waals surface area contributed by atoms with Gasteiger partial charge < -0.3 is 16.6 Å². The van der Waals surface area contributed by atoms with Crippen LogP contribution < -0.4 is 22.7 Å². The standard InChI is InChI=1S/C2H5NO2.CH5N3O/c3-1-2(4)5;2-1(5)4-3/h1,3H2,(H,4,5);3H2,(H3,2,4,5). The Morgan fingerprint density at radius 1 is 1.50 bits per heavy atom. The predicted octanol–water partition coefficient (Wildman–Crippen LogP) is -2.44. The molecule has 7 heteroatoms. The Hall–Kier alpha value is -1.34. The number of rotatable bonds is 1. The summed E-state index contributed by atoms with van der Waals surface area (Å²) in [6, 6.07) is -0.718. The lowest BCUT2D eigenvalue weighted by Gasteiger charge is -1.81. The molecular formula is C3H10N4O3. The summed E-state index contributed by atoms with van der Waals surface area (Å²) in [7, 11) is 0. The maximum atomic E-state index is 9.35. The van der Waals surface area contributed by atoms with Crippen molar-refractivity contribution in [3.8, 4) is 0 Å². The number of carbonyl (C=O) groups excluding carboxylic acids is 1. The number of urea groups is 1. The number of hydrazine groups is 1. The van der Waals surface area contributed by atoms with E-state index in [2.05, 4.69) is 17.3 Å². The minimum Gasteiger partial charge on any atom is -0.480 e. The van der Waals surface area contributed by atoms with Crippen molar-refractivity contribution in [1.82, 2.24) is 5.43 Å². The van der Waals surface area contributed by atoms with Crippen molar-refractivity contribution >= 4 is 12.0 Å². The lowest BCUT2D eigenvalue weighted by molar-refractivity contribution is -0.135. The zero-order valence-corrected chi connectivity index (χ0v) is 5.20. The van der Waals surface area contributed by atoms with Gasteiger partial charge in [-0.05, 0) is 0 Å². The van der Waals surface area contributed by atoms with Crippen molar-refractivity contribution in [3.63, 3.8) is 0 Å². The third kappa shape index (κ3) is 30.2. The molecule has 8 N–H and O–H groups in total. The van der Waals surface area contributed by atoms with Crippen molar-refractivity contribution in [2.24, 2.45) is 17.3 Å². The van der Waals surface area contributed by atoms with E-state index < -0.39 is 12.0 Å². The van der Waals surface area contributed by atoms with E-state index in [-0.39, 0.29) is 6.54 Å². The number of hydrogen-bond donors (Lipinski definition) is 5. The Morgan fingerprint density at radius 3 is 1.70 bits per heavy atom. The van der Waals surface area contributed by atoms with Crippen molar-refractivity contribution in [2.45, 2.75) is 0 Å². The van der Waals surface area contributed by atoms with Crippen LogP contribution in [0.3, 0.4) is 0 Å². The molecule has 0 saturated heterocycles. The van der Waals surface area contributed by atoms with E-state index in [0.29, 0.717) is 0 Å². The third-order valence-electron chi connectivity index (χ3n) is 0.317. The van der Waals surface area contributed by atoms with Crippen molar-refractivity contribution in [1.29, 1.82) is 0 Å². The molecule has 0 heterocycles. The summed E-state index contributed by atoms with van der Waals surface area (Å²) in [5, 5.41) is 7.60. The van der Waals surface area contributed by atoms with Crippen LogP contribution in [-0.2, 0) is 4.79 Å². The van der Waals surface area contributed by atoms with Gasteiger partial charge >= 0.3 is 12.0 Å². The summed E-state index contributed by atoms with van der Waals surface area (Å²) >= 11 is 0. The zero-order valence-electron chi connectivity index (χ0n) is 5.20. The highest BCUT2D eigenvalue weighted by molar-refractivity contribution is 5.70. The average Bonchev–Trinajstić information content (AvgIpc) is 1.89. The molecule has 0 rings (SSSR count). The molecule has 2 amide bonds. The lowest BCUT2D eigenvalue weighted by atomic mass is 10.7. The summed E-state index contributed by atoms with van der Waals surface area (Å²) in [5.74, 6) is 3.48. The van der Waals surface area contributed by atoms with Crippen molar-refractivity contribution in [3.05, 3.63) is 0 Å². The van der Waals surface area contributed by atoms with E-state index in [1.54, 1.807) is 5.43 Å². The Labute approximate surface area is 57.1 Å². The van der Waals surface area contributed by atoms with E-state index in [9.17, 15) is 9.59 Å². The molecule has 0 aliphatic carbocycles. The van der Waals surface area contributed by atoms with Crippen LogP contribution in [0.4, 0.5) is 4.79 Å². The number of aliphatic carboxylic acids is 1. The number of primary amides is 1. The highest BCUT2D eigenvalue weighted by atomic mass is 16.4. The van der Waals surface area contributed by atoms with Crippen LogP contribution in [0, 0.1) is 0 Å². The minimum absolute atomic E-state index is 0.278. The Morgan fingerprint density at radius 2 is 1.70 bits per heavy atom. The summed E-state index contributed by atoms with van der Waals surface area (Å²) in [6.07, 6.45) is 0. The first-order valence-corrected chi connectivity index (χ1v) is 2.22. The van der Waals surface area contributed by atoms with E-state index in [1.165, 1.54) is 0 Å². The topological polar surface area (TPSA) is 144 Å². The van der Waals surface area contributed by atoms with Crippen LogP contribution in [0.25, 0.3) is 0 Å².